The maximum absolute atomic E-state index is 14.1. The molecule has 1 amide bonds. The number of amides is 1. The lowest BCUT2D eigenvalue weighted by Gasteiger charge is -2.42. The summed E-state index contributed by atoms with van der Waals surface area (Å²) in [6.07, 6.45) is -5.40. The molecule has 1 heterocycles. The normalized spacial score (nSPS) is 23.3. The fourth-order valence-electron chi connectivity index (χ4n) is 7.19. The van der Waals surface area contributed by atoms with E-state index in [1.54, 1.807) is 19.9 Å². The fraction of sp³-hybridized carbons (Fsp3) is 0.600. The van der Waals surface area contributed by atoms with E-state index in [-0.39, 0.29) is 23.5 Å². The molecule has 1 saturated heterocycles. The molecule has 2 aromatic rings. The number of hydrogen-bond donors (Lipinski definition) is 0. The molecule has 0 spiro atoms. The SMILES string of the molecule is CCOC(=O)C[C@H]1CC[C@@H](CN2CC[C@H](C(=O)N(C)C(C)c3cc(C(F)(F)F)cc(C(F)(F)F)c3)[C@@H](c3ccc(F)cc3C)C2)CC1. The van der Waals surface area contributed by atoms with Crippen molar-refractivity contribution in [1.29, 1.82) is 0 Å². The summed E-state index contributed by atoms with van der Waals surface area (Å²) >= 11 is 0. The third kappa shape index (κ3) is 9.27. The van der Waals surface area contributed by atoms with Crippen molar-refractivity contribution in [3.05, 3.63) is 70.0 Å². The van der Waals surface area contributed by atoms with Crippen LogP contribution in [0.15, 0.2) is 36.4 Å². The maximum Gasteiger partial charge on any atom is 0.416 e. The van der Waals surface area contributed by atoms with E-state index >= 15 is 0 Å². The summed E-state index contributed by atoms with van der Waals surface area (Å²) in [5.74, 6) is -1.26. The van der Waals surface area contributed by atoms with Crippen LogP contribution >= 0.6 is 0 Å². The summed E-state index contributed by atoms with van der Waals surface area (Å²) in [5.41, 5.74) is -1.69. The fourth-order valence-corrected chi connectivity index (χ4v) is 7.19. The molecule has 2 aromatic carbocycles. The Morgan fingerprint density at radius 2 is 1.53 bits per heavy atom. The Hall–Kier alpha value is -3.15. The van der Waals surface area contributed by atoms with Crippen molar-refractivity contribution < 1.29 is 45.1 Å². The number of nitrogens with zero attached hydrogens (tertiary/aromatic N) is 2. The van der Waals surface area contributed by atoms with Gasteiger partial charge in [0, 0.05) is 38.4 Å². The standard InChI is InChI=1S/C35H43F7N2O3/c1-5-47-32(45)15-23-6-8-24(9-7-23)19-44-13-12-30(31(20-44)29-11-10-28(36)14-21(29)2)33(46)43(4)22(3)25-16-26(34(37,38)39)18-27(17-25)35(40,41)42/h10-11,14,16-18,22-24,30-31H,5-9,12-13,15,19-20H2,1-4H3/t22?,23-,24+,30-,31+/m0/s1. The molecule has 4 rings (SSSR count). The summed E-state index contributed by atoms with van der Waals surface area (Å²) < 4.78 is 101. The molecule has 2 aliphatic rings. The number of halogens is 7. The minimum Gasteiger partial charge on any atom is -0.466 e. The molecule has 1 saturated carbocycles. The number of piperidine rings is 1. The molecule has 1 unspecified atom stereocenters. The van der Waals surface area contributed by atoms with Gasteiger partial charge in [0.2, 0.25) is 5.91 Å². The van der Waals surface area contributed by atoms with Gasteiger partial charge in [0.1, 0.15) is 5.82 Å². The number of carbonyl (C=O) groups is 2. The van der Waals surface area contributed by atoms with Crippen molar-refractivity contribution in [3.63, 3.8) is 0 Å². The third-order valence-electron chi connectivity index (χ3n) is 9.91. The van der Waals surface area contributed by atoms with E-state index in [9.17, 15) is 40.3 Å². The molecule has 0 aromatic heterocycles. The van der Waals surface area contributed by atoms with Crippen LogP contribution in [-0.4, -0.2) is 55.0 Å². The van der Waals surface area contributed by atoms with Gasteiger partial charge in [0.15, 0.2) is 0 Å². The Kier molecular flexibility index (Phi) is 11.7. The van der Waals surface area contributed by atoms with Gasteiger partial charge in [-0.2, -0.15) is 26.3 Å². The van der Waals surface area contributed by atoms with Crippen LogP contribution < -0.4 is 0 Å². The van der Waals surface area contributed by atoms with Gasteiger partial charge in [-0.05, 0) is 118 Å². The molecule has 47 heavy (non-hydrogen) atoms. The van der Waals surface area contributed by atoms with Crippen molar-refractivity contribution in [2.45, 2.75) is 83.6 Å². The lowest BCUT2D eigenvalue weighted by molar-refractivity contribution is -0.145. The highest BCUT2D eigenvalue weighted by Crippen LogP contribution is 2.41. The zero-order valence-corrected chi connectivity index (χ0v) is 27.2. The van der Waals surface area contributed by atoms with Gasteiger partial charge < -0.3 is 14.5 Å². The Morgan fingerprint density at radius 1 is 0.936 bits per heavy atom. The first-order valence-electron chi connectivity index (χ1n) is 16.2. The van der Waals surface area contributed by atoms with Gasteiger partial charge in [-0.25, -0.2) is 4.39 Å². The molecule has 0 radical (unpaired) electrons. The molecule has 260 valence electrons. The molecule has 12 heteroatoms. The zero-order chi connectivity index (χ0) is 34.7. The lowest BCUT2D eigenvalue weighted by atomic mass is 9.76. The van der Waals surface area contributed by atoms with Crippen molar-refractivity contribution >= 4 is 11.9 Å². The molecule has 2 fully saturated rings. The summed E-state index contributed by atoms with van der Waals surface area (Å²) in [6.45, 7) is 7.20. The number of hydrogen-bond acceptors (Lipinski definition) is 4. The van der Waals surface area contributed by atoms with Crippen LogP contribution in [0.25, 0.3) is 0 Å². The summed E-state index contributed by atoms with van der Waals surface area (Å²) in [4.78, 5) is 29.5. The largest absolute Gasteiger partial charge is 0.466 e. The maximum atomic E-state index is 14.1. The number of aryl methyl sites for hydroxylation is 1. The Morgan fingerprint density at radius 3 is 2.09 bits per heavy atom. The van der Waals surface area contributed by atoms with Gasteiger partial charge in [0.25, 0.3) is 0 Å². The highest BCUT2D eigenvalue weighted by atomic mass is 19.4. The number of ether oxygens (including phenoxy) is 1. The second kappa shape index (κ2) is 15.0. The number of benzene rings is 2. The molecule has 1 aliphatic heterocycles. The van der Waals surface area contributed by atoms with Crippen LogP contribution in [-0.2, 0) is 26.7 Å². The minimum atomic E-state index is -5.00. The number of esters is 1. The van der Waals surface area contributed by atoms with Crippen LogP contribution in [0.4, 0.5) is 30.7 Å². The van der Waals surface area contributed by atoms with E-state index in [2.05, 4.69) is 4.90 Å². The minimum absolute atomic E-state index is 0.0774. The average Bonchev–Trinajstić information content (AvgIpc) is 3.00. The molecule has 0 bridgehead atoms. The molecule has 0 N–H and O–H groups in total. The van der Waals surface area contributed by atoms with Crippen LogP contribution in [0.3, 0.4) is 0 Å². The quantitative estimate of drug-likeness (QED) is 0.198. The van der Waals surface area contributed by atoms with Gasteiger partial charge >= 0.3 is 18.3 Å². The predicted molar refractivity (Wildman–Crippen MR) is 163 cm³/mol. The van der Waals surface area contributed by atoms with Crippen molar-refractivity contribution in [1.82, 2.24) is 9.80 Å². The topological polar surface area (TPSA) is 49.9 Å². The van der Waals surface area contributed by atoms with E-state index < -0.39 is 47.2 Å². The first kappa shape index (κ1) is 36.7. The first-order chi connectivity index (χ1) is 22.0. The Bertz CT molecular complexity index is 1370. The second-order valence-electron chi connectivity index (χ2n) is 13.1. The predicted octanol–water partition coefficient (Wildman–Crippen LogP) is 8.56. The summed E-state index contributed by atoms with van der Waals surface area (Å²) in [7, 11) is 1.40. The average molecular weight is 673 g/mol. The van der Waals surface area contributed by atoms with E-state index in [4.69, 9.17) is 4.74 Å². The van der Waals surface area contributed by atoms with Crippen molar-refractivity contribution in [3.8, 4) is 0 Å². The molecular weight excluding hydrogens is 629 g/mol. The van der Waals surface area contributed by atoms with Crippen LogP contribution in [0, 0.1) is 30.5 Å². The number of carbonyl (C=O) groups excluding carboxylic acids is 2. The Labute approximate surface area is 271 Å². The first-order valence-corrected chi connectivity index (χ1v) is 16.2. The van der Waals surface area contributed by atoms with E-state index in [0.717, 1.165) is 37.8 Å². The number of likely N-dealkylation sites (tertiary alicyclic amines) is 1. The molecule has 1 aliphatic carbocycles. The zero-order valence-electron chi connectivity index (χ0n) is 27.2. The highest BCUT2D eigenvalue weighted by molar-refractivity contribution is 5.80. The highest BCUT2D eigenvalue weighted by Gasteiger charge is 2.41. The number of rotatable bonds is 9. The van der Waals surface area contributed by atoms with Gasteiger partial charge in [0.05, 0.1) is 23.8 Å². The second-order valence-corrected chi connectivity index (χ2v) is 13.1. The summed E-state index contributed by atoms with van der Waals surface area (Å²) in [5, 5.41) is 0. The van der Waals surface area contributed by atoms with Crippen molar-refractivity contribution in [2.24, 2.45) is 17.8 Å². The van der Waals surface area contributed by atoms with Crippen LogP contribution in [0.1, 0.15) is 92.1 Å². The van der Waals surface area contributed by atoms with Crippen LogP contribution in [0.5, 0.6) is 0 Å². The van der Waals surface area contributed by atoms with Gasteiger partial charge in [-0.3, -0.25) is 9.59 Å². The lowest BCUT2D eigenvalue weighted by Crippen LogP contribution is -2.47. The van der Waals surface area contributed by atoms with Crippen LogP contribution in [0.2, 0.25) is 0 Å². The molecule has 5 nitrogen and oxygen atoms in total. The van der Waals surface area contributed by atoms with E-state index in [1.165, 1.54) is 31.0 Å². The smallest absolute Gasteiger partial charge is 0.416 e. The van der Waals surface area contributed by atoms with E-state index in [0.29, 0.717) is 62.1 Å². The third-order valence-corrected chi connectivity index (χ3v) is 9.91. The summed E-state index contributed by atoms with van der Waals surface area (Å²) in [6, 6.07) is 4.71. The number of alkyl halides is 6. The molecule has 3 atom stereocenters. The Balaban J connectivity index is 1.52. The van der Waals surface area contributed by atoms with Gasteiger partial charge in [-0.15, -0.1) is 0 Å². The van der Waals surface area contributed by atoms with E-state index in [1.807, 2.05) is 0 Å². The molecular formula is C35H43F7N2O3. The monoisotopic (exact) mass is 672 g/mol. The van der Waals surface area contributed by atoms with Crippen molar-refractivity contribution in [2.75, 3.05) is 33.3 Å². The van der Waals surface area contributed by atoms with Gasteiger partial charge in [-0.1, -0.05) is 6.07 Å².